The van der Waals surface area contributed by atoms with Gasteiger partial charge in [-0.15, -0.1) is 0 Å². The summed E-state index contributed by atoms with van der Waals surface area (Å²) in [6.45, 7) is 1.11. The van der Waals surface area contributed by atoms with E-state index >= 15 is 0 Å². The molecule has 1 aromatic carbocycles. The fraction of sp³-hybridized carbons (Fsp3) is 0.579. The van der Waals surface area contributed by atoms with Gasteiger partial charge in [-0.05, 0) is 56.2 Å². The molecule has 0 radical (unpaired) electrons. The molecule has 3 rings (SSSR count). The first-order valence-corrected chi connectivity index (χ1v) is 8.94. The molecular weight excluding hydrogens is 304 g/mol. The molecule has 1 aliphatic carbocycles. The Balaban J connectivity index is 1.49. The van der Waals surface area contributed by atoms with E-state index in [1.807, 2.05) is 24.3 Å². The molecule has 5 nitrogen and oxygen atoms in total. The molecule has 24 heavy (non-hydrogen) atoms. The molecule has 2 aliphatic rings. The maximum Gasteiger partial charge on any atom is 0.222 e. The van der Waals surface area contributed by atoms with E-state index in [1.54, 1.807) is 4.90 Å². The fourth-order valence-corrected chi connectivity index (χ4v) is 3.60. The Hall–Kier alpha value is -2.04. The maximum absolute atomic E-state index is 12.3. The molecule has 2 fully saturated rings. The Morgan fingerprint density at radius 2 is 2.00 bits per heavy atom. The lowest BCUT2D eigenvalue weighted by atomic mass is 10.1. The lowest BCUT2D eigenvalue weighted by Crippen LogP contribution is -2.31. The highest BCUT2D eigenvalue weighted by molar-refractivity contribution is 5.81. The Kier molecular flexibility index (Phi) is 5.38. The smallest absolute Gasteiger partial charge is 0.222 e. The number of nitrogens with two attached hydrogens (primary N) is 1. The number of hydrogen-bond acceptors (Lipinski definition) is 3. The van der Waals surface area contributed by atoms with Gasteiger partial charge in [0.05, 0.1) is 12.0 Å². The van der Waals surface area contributed by atoms with Crippen molar-refractivity contribution < 1.29 is 14.3 Å². The van der Waals surface area contributed by atoms with Crippen LogP contribution in [0.4, 0.5) is 0 Å². The molecule has 1 aliphatic heterocycles. The van der Waals surface area contributed by atoms with E-state index in [-0.39, 0.29) is 17.7 Å². The molecule has 1 heterocycles. The average Bonchev–Trinajstić information content (AvgIpc) is 3.24. The van der Waals surface area contributed by atoms with Crippen molar-refractivity contribution in [1.82, 2.24) is 4.90 Å². The number of hydrogen-bond donors (Lipinski definition) is 1. The Morgan fingerprint density at radius 3 is 2.71 bits per heavy atom. The minimum atomic E-state index is -0.304. The Bertz CT molecular complexity index is 596. The van der Waals surface area contributed by atoms with Crippen molar-refractivity contribution in [2.24, 2.45) is 11.7 Å². The van der Waals surface area contributed by atoms with E-state index in [0.717, 1.165) is 24.2 Å². The highest BCUT2D eigenvalue weighted by atomic mass is 16.5. The number of carbonyl (C=O) groups excluding carboxylic acids is 2. The van der Waals surface area contributed by atoms with Crippen molar-refractivity contribution >= 4 is 11.8 Å². The number of carbonyl (C=O) groups is 2. The zero-order valence-corrected chi connectivity index (χ0v) is 14.1. The summed E-state index contributed by atoms with van der Waals surface area (Å²) in [6, 6.07) is 8.05. The molecule has 1 aromatic rings. The van der Waals surface area contributed by atoms with Crippen molar-refractivity contribution in [2.75, 3.05) is 13.1 Å². The van der Waals surface area contributed by atoms with Crippen LogP contribution in [-0.2, 0) is 16.0 Å². The van der Waals surface area contributed by atoms with Gasteiger partial charge in [0.1, 0.15) is 5.75 Å². The average molecular weight is 330 g/mol. The number of rotatable bonds is 6. The minimum absolute atomic E-state index is 0.0980. The van der Waals surface area contributed by atoms with Crippen molar-refractivity contribution in [2.45, 2.75) is 51.0 Å². The van der Waals surface area contributed by atoms with Crippen LogP contribution in [0.5, 0.6) is 5.75 Å². The van der Waals surface area contributed by atoms with Crippen molar-refractivity contribution in [1.29, 1.82) is 0 Å². The number of primary amides is 1. The number of likely N-dealkylation sites (tertiary alicyclic amines) is 1. The van der Waals surface area contributed by atoms with Gasteiger partial charge in [0.25, 0.3) is 0 Å². The maximum atomic E-state index is 12.3. The van der Waals surface area contributed by atoms with Crippen molar-refractivity contribution in [3.05, 3.63) is 29.8 Å². The third kappa shape index (κ3) is 4.28. The van der Waals surface area contributed by atoms with Crippen LogP contribution in [-0.4, -0.2) is 35.9 Å². The molecule has 1 saturated carbocycles. The third-order valence-corrected chi connectivity index (χ3v) is 5.07. The highest BCUT2D eigenvalue weighted by Gasteiger charge is 2.29. The second kappa shape index (κ2) is 7.69. The quantitative estimate of drug-likeness (QED) is 0.869. The van der Waals surface area contributed by atoms with Crippen LogP contribution in [0.1, 0.15) is 44.1 Å². The van der Waals surface area contributed by atoms with Crippen LogP contribution >= 0.6 is 0 Å². The van der Waals surface area contributed by atoms with Crippen LogP contribution in [0, 0.1) is 5.92 Å². The van der Waals surface area contributed by atoms with Gasteiger partial charge >= 0.3 is 0 Å². The monoisotopic (exact) mass is 330 g/mol. The van der Waals surface area contributed by atoms with E-state index in [9.17, 15) is 9.59 Å². The molecule has 1 atom stereocenters. The van der Waals surface area contributed by atoms with E-state index < -0.39 is 0 Å². The predicted molar refractivity (Wildman–Crippen MR) is 91.5 cm³/mol. The van der Waals surface area contributed by atoms with Crippen LogP contribution < -0.4 is 10.5 Å². The molecule has 0 spiro atoms. The summed E-state index contributed by atoms with van der Waals surface area (Å²) < 4.78 is 6.02. The molecule has 2 amide bonds. The molecular formula is C19H26N2O3. The second-order valence-electron chi connectivity index (χ2n) is 6.90. The number of ether oxygens (including phenoxy) is 1. The topological polar surface area (TPSA) is 72.6 Å². The van der Waals surface area contributed by atoms with Crippen LogP contribution in [0.2, 0.25) is 0 Å². The van der Waals surface area contributed by atoms with Gasteiger partial charge in [0, 0.05) is 19.5 Å². The van der Waals surface area contributed by atoms with Gasteiger partial charge in [-0.25, -0.2) is 0 Å². The van der Waals surface area contributed by atoms with Gasteiger partial charge < -0.3 is 15.4 Å². The molecule has 5 heteroatoms. The Morgan fingerprint density at radius 1 is 1.21 bits per heavy atom. The van der Waals surface area contributed by atoms with Crippen molar-refractivity contribution in [3.8, 4) is 5.75 Å². The first-order chi connectivity index (χ1) is 11.6. The molecule has 0 aromatic heterocycles. The summed E-state index contributed by atoms with van der Waals surface area (Å²) >= 11 is 0. The highest BCUT2D eigenvalue weighted by Crippen LogP contribution is 2.25. The third-order valence-electron chi connectivity index (χ3n) is 5.07. The molecule has 130 valence electrons. The van der Waals surface area contributed by atoms with Gasteiger partial charge in [-0.2, -0.15) is 0 Å². The zero-order valence-electron chi connectivity index (χ0n) is 14.1. The Labute approximate surface area is 143 Å². The summed E-state index contributed by atoms with van der Waals surface area (Å²) in [6.07, 6.45) is 6.96. The van der Waals surface area contributed by atoms with Crippen LogP contribution in [0.3, 0.4) is 0 Å². The van der Waals surface area contributed by atoms with Crippen LogP contribution in [0.25, 0.3) is 0 Å². The number of benzene rings is 1. The molecule has 0 bridgehead atoms. The van der Waals surface area contributed by atoms with Crippen LogP contribution in [0.15, 0.2) is 24.3 Å². The number of aryl methyl sites for hydroxylation is 1. The first-order valence-electron chi connectivity index (χ1n) is 8.94. The zero-order chi connectivity index (χ0) is 16.9. The largest absolute Gasteiger partial charge is 0.490 e. The van der Waals surface area contributed by atoms with Crippen molar-refractivity contribution in [3.63, 3.8) is 0 Å². The standard InChI is InChI=1S/C19H26N2O3/c20-19(23)15-10-11-21(13-15)18(22)9-8-14-4-3-7-17(12-14)24-16-5-1-2-6-16/h3-4,7,12,15-16H,1-2,5-6,8-11,13H2,(H2,20,23). The fourth-order valence-electron chi connectivity index (χ4n) is 3.60. The summed E-state index contributed by atoms with van der Waals surface area (Å²) in [5.41, 5.74) is 6.43. The van der Waals surface area contributed by atoms with Gasteiger partial charge in [0.2, 0.25) is 11.8 Å². The summed E-state index contributed by atoms with van der Waals surface area (Å²) in [4.78, 5) is 25.3. The van der Waals surface area contributed by atoms with Gasteiger partial charge in [-0.1, -0.05) is 12.1 Å². The summed E-state index contributed by atoms with van der Waals surface area (Å²) in [7, 11) is 0. The van der Waals surface area contributed by atoms with E-state index in [0.29, 0.717) is 38.5 Å². The SMILES string of the molecule is NC(=O)C1CCN(C(=O)CCc2cccc(OC3CCCC3)c2)C1. The number of nitrogens with zero attached hydrogens (tertiary/aromatic N) is 1. The number of amides is 2. The van der Waals surface area contributed by atoms with E-state index in [4.69, 9.17) is 10.5 Å². The summed E-state index contributed by atoms with van der Waals surface area (Å²) in [5.74, 6) is 0.516. The van der Waals surface area contributed by atoms with Gasteiger partial charge in [0.15, 0.2) is 0 Å². The van der Waals surface area contributed by atoms with E-state index in [2.05, 4.69) is 0 Å². The van der Waals surface area contributed by atoms with Gasteiger partial charge in [-0.3, -0.25) is 9.59 Å². The molecule has 2 N–H and O–H groups in total. The first kappa shape index (κ1) is 16.8. The van der Waals surface area contributed by atoms with E-state index in [1.165, 1.54) is 12.8 Å². The lowest BCUT2D eigenvalue weighted by Gasteiger charge is -2.16. The normalized spacial score (nSPS) is 21.2. The minimum Gasteiger partial charge on any atom is -0.490 e. The predicted octanol–water partition coefficient (Wildman–Crippen LogP) is 2.27. The lowest BCUT2D eigenvalue weighted by molar-refractivity contribution is -0.130. The summed E-state index contributed by atoms with van der Waals surface area (Å²) in [5, 5.41) is 0. The second-order valence-corrected chi connectivity index (χ2v) is 6.90. The molecule has 1 saturated heterocycles. The molecule has 1 unspecified atom stereocenters.